The molecule has 7 nitrogen and oxygen atoms in total. The summed E-state index contributed by atoms with van der Waals surface area (Å²) in [5, 5.41) is 7.67. The number of aromatic nitrogens is 4. The lowest BCUT2D eigenvalue weighted by Gasteiger charge is -2.31. The molecule has 1 fully saturated rings. The Bertz CT molecular complexity index is 1280. The number of benzene rings is 2. The normalized spacial score (nSPS) is 15.4. The van der Waals surface area contributed by atoms with Crippen molar-refractivity contribution >= 4 is 27.6 Å². The predicted octanol–water partition coefficient (Wildman–Crippen LogP) is 5.14. The van der Waals surface area contributed by atoms with E-state index in [4.69, 9.17) is 15.5 Å². The maximum Gasteiger partial charge on any atom is 0.164 e. The Kier molecular flexibility index (Phi) is 6.63. The van der Waals surface area contributed by atoms with E-state index in [-0.39, 0.29) is 0 Å². The van der Waals surface area contributed by atoms with Gasteiger partial charge in [-0.15, -0.1) is 0 Å². The highest BCUT2D eigenvalue weighted by molar-refractivity contribution is 5.90. The number of likely N-dealkylation sites (tertiary alicyclic amines) is 1. The van der Waals surface area contributed by atoms with Crippen molar-refractivity contribution < 1.29 is 4.74 Å². The Morgan fingerprint density at radius 2 is 1.79 bits per heavy atom. The van der Waals surface area contributed by atoms with Crippen molar-refractivity contribution in [2.45, 2.75) is 46.1 Å². The highest BCUT2D eigenvalue weighted by Crippen LogP contribution is 2.28. The van der Waals surface area contributed by atoms with Gasteiger partial charge >= 0.3 is 0 Å². The quantitative estimate of drug-likeness (QED) is 0.394. The van der Waals surface area contributed by atoms with Gasteiger partial charge in [-0.1, -0.05) is 25.1 Å². The number of piperidine rings is 1. The Morgan fingerprint density at radius 3 is 2.59 bits per heavy atom. The molecule has 2 aromatic carbocycles. The highest BCUT2D eigenvalue weighted by atomic mass is 16.5. The number of nitrogens with two attached hydrogens (primary N) is 1. The Balaban J connectivity index is 1.36. The molecular formula is C27H34N6O. The number of fused-ring (bicyclic) bond motifs is 2. The van der Waals surface area contributed by atoms with E-state index >= 15 is 0 Å². The first-order chi connectivity index (χ1) is 16.6. The van der Waals surface area contributed by atoms with Crippen LogP contribution in [0.5, 0.6) is 5.75 Å². The summed E-state index contributed by atoms with van der Waals surface area (Å²) in [7, 11) is 0. The van der Waals surface area contributed by atoms with Crippen LogP contribution in [-0.4, -0.2) is 50.9 Å². The fourth-order valence-corrected chi connectivity index (χ4v) is 5.01. The molecule has 4 aromatic rings. The van der Waals surface area contributed by atoms with Gasteiger partial charge in [0.15, 0.2) is 11.5 Å². The molecule has 1 aliphatic heterocycles. The second kappa shape index (κ2) is 9.97. The van der Waals surface area contributed by atoms with E-state index < -0.39 is 0 Å². The second-order valence-electron chi connectivity index (χ2n) is 9.27. The van der Waals surface area contributed by atoms with E-state index in [9.17, 15) is 0 Å². The van der Waals surface area contributed by atoms with Crippen LogP contribution in [-0.2, 0) is 6.54 Å². The molecule has 1 saturated heterocycles. The summed E-state index contributed by atoms with van der Waals surface area (Å²) in [6.45, 7) is 9.41. The van der Waals surface area contributed by atoms with Gasteiger partial charge in [0.05, 0.1) is 18.2 Å². The van der Waals surface area contributed by atoms with Gasteiger partial charge in [-0.2, -0.15) is 5.10 Å². The first-order valence-corrected chi connectivity index (χ1v) is 12.5. The third-order valence-corrected chi connectivity index (χ3v) is 6.90. The molecule has 0 aliphatic carbocycles. The van der Waals surface area contributed by atoms with Crippen LogP contribution in [0.2, 0.25) is 0 Å². The van der Waals surface area contributed by atoms with Gasteiger partial charge in [-0.25, -0.2) is 14.6 Å². The molecule has 0 amide bonds. The lowest BCUT2D eigenvalue weighted by molar-refractivity contribution is 0.175. The van der Waals surface area contributed by atoms with Gasteiger partial charge in [0, 0.05) is 12.1 Å². The van der Waals surface area contributed by atoms with Crippen molar-refractivity contribution in [1.82, 2.24) is 24.6 Å². The van der Waals surface area contributed by atoms with Crippen LogP contribution in [0.15, 0.2) is 42.6 Å². The molecule has 0 unspecified atom stereocenters. The minimum atomic E-state index is 0.478. The first kappa shape index (κ1) is 22.6. The fourth-order valence-electron chi connectivity index (χ4n) is 5.01. The number of ether oxygens (including phenoxy) is 1. The zero-order chi connectivity index (χ0) is 23.5. The standard InChI is InChI=1S/C27H34N6O/c1-3-12-32-13-9-19(10-14-32)11-15-33-27-24(18-29-33)25(28)30-26(31-27)22-6-5-21-17-23(34-4-2)8-7-20(21)16-22/h5-8,16-19H,3-4,9-15H2,1-2H3,(H2,28,30,31). The molecule has 0 radical (unpaired) electrons. The van der Waals surface area contributed by atoms with E-state index in [0.717, 1.165) is 52.0 Å². The SMILES string of the molecule is CCCN1CCC(CCn2ncc3c(N)nc(-c4ccc5cc(OCC)ccc5c4)nc32)CC1. The van der Waals surface area contributed by atoms with Crippen LogP contribution >= 0.6 is 0 Å². The number of aryl methyl sites for hydroxylation is 1. The smallest absolute Gasteiger partial charge is 0.164 e. The summed E-state index contributed by atoms with van der Waals surface area (Å²) in [5.41, 5.74) is 8.09. The van der Waals surface area contributed by atoms with Crippen LogP contribution in [0.3, 0.4) is 0 Å². The van der Waals surface area contributed by atoms with Crippen molar-refractivity contribution in [2.24, 2.45) is 5.92 Å². The van der Waals surface area contributed by atoms with Crippen molar-refractivity contribution in [3.05, 3.63) is 42.6 Å². The van der Waals surface area contributed by atoms with Crippen molar-refractivity contribution in [3.63, 3.8) is 0 Å². The summed E-state index contributed by atoms with van der Waals surface area (Å²) < 4.78 is 7.63. The molecule has 34 heavy (non-hydrogen) atoms. The number of rotatable bonds is 8. The number of anilines is 1. The van der Waals surface area contributed by atoms with E-state index in [1.165, 1.54) is 38.9 Å². The van der Waals surface area contributed by atoms with Crippen LogP contribution in [0.25, 0.3) is 33.2 Å². The van der Waals surface area contributed by atoms with Gasteiger partial charge < -0.3 is 15.4 Å². The molecule has 7 heteroatoms. The van der Waals surface area contributed by atoms with Crippen LogP contribution in [0.1, 0.15) is 39.5 Å². The van der Waals surface area contributed by atoms with E-state index in [1.807, 2.05) is 23.7 Å². The topological polar surface area (TPSA) is 82.1 Å². The number of hydrogen-bond acceptors (Lipinski definition) is 6. The van der Waals surface area contributed by atoms with E-state index in [2.05, 4.69) is 46.2 Å². The summed E-state index contributed by atoms with van der Waals surface area (Å²) in [6.07, 6.45) is 6.69. The average molecular weight is 459 g/mol. The average Bonchev–Trinajstić information content (AvgIpc) is 3.27. The minimum absolute atomic E-state index is 0.478. The third kappa shape index (κ3) is 4.71. The van der Waals surface area contributed by atoms with Gasteiger partial charge in [0.2, 0.25) is 0 Å². The van der Waals surface area contributed by atoms with Gasteiger partial charge in [-0.3, -0.25) is 0 Å². The van der Waals surface area contributed by atoms with Gasteiger partial charge in [-0.05, 0) is 87.1 Å². The molecule has 5 rings (SSSR count). The van der Waals surface area contributed by atoms with Crippen molar-refractivity contribution in [1.29, 1.82) is 0 Å². The highest BCUT2D eigenvalue weighted by Gasteiger charge is 2.19. The lowest BCUT2D eigenvalue weighted by atomic mass is 9.93. The number of hydrogen-bond donors (Lipinski definition) is 1. The molecule has 178 valence electrons. The maximum absolute atomic E-state index is 6.33. The molecule has 0 spiro atoms. The molecule has 0 bridgehead atoms. The molecular weight excluding hydrogens is 424 g/mol. The molecule has 2 aromatic heterocycles. The first-order valence-electron chi connectivity index (χ1n) is 12.5. The number of nitrogen functional groups attached to an aromatic ring is 1. The zero-order valence-corrected chi connectivity index (χ0v) is 20.2. The molecule has 0 saturated carbocycles. The Morgan fingerprint density at radius 1 is 1.00 bits per heavy atom. The van der Waals surface area contributed by atoms with Crippen LogP contribution < -0.4 is 10.5 Å². The van der Waals surface area contributed by atoms with Crippen LogP contribution in [0, 0.1) is 5.92 Å². The summed E-state index contributed by atoms with van der Waals surface area (Å²) >= 11 is 0. The summed E-state index contributed by atoms with van der Waals surface area (Å²) in [5.74, 6) is 2.74. The van der Waals surface area contributed by atoms with E-state index in [0.29, 0.717) is 18.2 Å². The molecule has 1 aliphatic rings. The monoisotopic (exact) mass is 458 g/mol. The minimum Gasteiger partial charge on any atom is -0.494 e. The molecule has 3 heterocycles. The summed E-state index contributed by atoms with van der Waals surface area (Å²) in [6, 6.07) is 12.4. The molecule has 0 atom stereocenters. The number of nitrogens with zero attached hydrogens (tertiary/aromatic N) is 5. The lowest BCUT2D eigenvalue weighted by Crippen LogP contribution is -2.34. The van der Waals surface area contributed by atoms with Crippen molar-refractivity contribution in [2.75, 3.05) is 32.0 Å². The van der Waals surface area contributed by atoms with E-state index in [1.54, 1.807) is 6.20 Å². The zero-order valence-electron chi connectivity index (χ0n) is 20.2. The van der Waals surface area contributed by atoms with Gasteiger partial charge in [0.25, 0.3) is 0 Å². The van der Waals surface area contributed by atoms with Crippen LogP contribution in [0.4, 0.5) is 5.82 Å². The fraction of sp³-hybridized carbons (Fsp3) is 0.444. The van der Waals surface area contributed by atoms with Crippen molar-refractivity contribution in [3.8, 4) is 17.1 Å². The largest absolute Gasteiger partial charge is 0.494 e. The Hall–Kier alpha value is -3.19. The third-order valence-electron chi connectivity index (χ3n) is 6.90. The molecule has 2 N–H and O–H groups in total. The summed E-state index contributed by atoms with van der Waals surface area (Å²) in [4.78, 5) is 12.1. The predicted molar refractivity (Wildman–Crippen MR) is 138 cm³/mol. The maximum atomic E-state index is 6.33. The Labute approximate surface area is 200 Å². The second-order valence-corrected chi connectivity index (χ2v) is 9.27. The van der Waals surface area contributed by atoms with Gasteiger partial charge in [0.1, 0.15) is 11.6 Å².